The zero-order valence-corrected chi connectivity index (χ0v) is 7.50. The molecule has 0 aliphatic carbocycles. The van der Waals surface area contributed by atoms with Gasteiger partial charge in [-0.05, 0) is 30.7 Å². The summed E-state index contributed by atoms with van der Waals surface area (Å²) < 4.78 is 23.6. The van der Waals surface area contributed by atoms with Gasteiger partial charge in [0.1, 0.15) is 23.4 Å². The second-order valence-corrected chi connectivity index (χ2v) is 3.49. The molecule has 0 aromatic heterocycles. The van der Waals surface area contributed by atoms with Crippen LogP contribution in [0, 0.1) is 5.82 Å². The van der Waals surface area contributed by atoms with Gasteiger partial charge < -0.3 is 9.47 Å². The van der Waals surface area contributed by atoms with Crippen LogP contribution in [-0.2, 0) is 11.2 Å². The first-order valence-corrected chi connectivity index (χ1v) is 4.61. The van der Waals surface area contributed by atoms with Gasteiger partial charge in [-0.1, -0.05) is 0 Å². The Kier molecular flexibility index (Phi) is 1.61. The van der Waals surface area contributed by atoms with E-state index in [1.807, 2.05) is 6.08 Å². The van der Waals surface area contributed by atoms with E-state index in [4.69, 9.17) is 9.47 Å². The van der Waals surface area contributed by atoms with Gasteiger partial charge in [0.25, 0.3) is 0 Å². The van der Waals surface area contributed by atoms with E-state index in [9.17, 15) is 4.39 Å². The van der Waals surface area contributed by atoms with Crippen molar-refractivity contribution in [3.63, 3.8) is 0 Å². The van der Waals surface area contributed by atoms with Crippen LogP contribution in [0.2, 0.25) is 0 Å². The summed E-state index contributed by atoms with van der Waals surface area (Å²) in [5.74, 6) is 1.40. The number of rotatable bonds is 1. The summed E-state index contributed by atoms with van der Waals surface area (Å²) in [6.45, 7) is 0.738. The SMILES string of the molecule is Fc1ccc2c(c1)CC=C([C@@H]1CO1)O2. The first-order valence-electron chi connectivity index (χ1n) is 4.61. The minimum absolute atomic E-state index is 0.133. The maximum Gasteiger partial charge on any atom is 0.138 e. The Labute approximate surface area is 80.9 Å². The Balaban J connectivity index is 1.92. The van der Waals surface area contributed by atoms with Crippen LogP contribution in [0.25, 0.3) is 0 Å². The van der Waals surface area contributed by atoms with Crippen molar-refractivity contribution in [1.29, 1.82) is 0 Å². The Morgan fingerprint density at radius 3 is 3.00 bits per heavy atom. The van der Waals surface area contributed by atoms with E-state index in [-0.39, 0.29) is 11.9 Å². The molecule has 14 heavy (non-hydrogen) atoms. The lowest BCUT2D eigenvalue weighted by Gasteiger charge is -2.16. The highest BCUT2D eigenvalue weighted by molar-refractivity contribution is 5.40. The molecule has 0 bridgehead atoms. The first-order chi connectivity index (χ1) is 6.83. The standard InChI is InChI=1S/C11H9FO2/c12-8-2-4-9-7(5-8)1-3-10(14-9)11-6-13-11/h2-5,11H,1,6H2/t11-/m0/s1. The molecule has 0 unspecified atom stereocenters. The number of benzene rings is 1. The van der Waals surface area contributed by atoms with Gasteiger partial charge in [-0.2, -0.15) is 0 Å². The lowest BCUT2D eigenvalue weighted by Crippen LogP contribution is -2.09. The summed E-state index contributed by atoms with van der Waals surface area (Å²) >= 11 is 0. The highest BCUT2D eigenvalue weighted by Crippen LogP contribution is 2.31. The summed E-state index contributed by atoms with van der Waals surface area (Å²) in [6.07, 6.45) is 2.81. The Morgan fingerprint density at radius 2 is 2.21 bits per heavy atom. The predicted molar refractivity (Wildman–Crippen MR) is 48.6 cm³/mol. The molecule has 0 radical (unpaired) electrons. The van der Waals surface area contributed by atoms with Gasteiger partial charge in [-0.3, -0.25) is 0 Å². The first kappa shape index (κ1) is 8.00. The fraction of sp³-hybridized carbons (Fsp3) is 0.273. The third-order valence-electron chi connectivity index (χ3n) is 2.42. The fourth-order valence-corrected chi connectivity index (χ4v) is 1.60. The summed E-state index contributed by atoms with van der Waals surface area (Å²) in [5.41, 5.74) is 0.898. The fourth-order valence-electron chi connectivity index (χ4n) is 1.60. The van der Waals surface area contributed by atoms with Gasteiger partial charge in [0.15, 0.2) is 0 Å². The van der Waals surface area contributed by atoms with Crippen LogP contribution in [-0.4, -0.2) is 12.7 Å². The highest BCUT2D eigenvalue weighted by Gasteiger charge is 2.31. The van der Waals surface area contributed by atoms with Gasteiger partial charge >= 0.3 is 0 Å². The predicted octanol–water partition coefficient (Wildman–Crippen LogP) is 2.04. The van der Waals surface area contributed by atoms with Crippen molar-refractivity contribution >= 4 is 0 Å². The van der Waals surface area contributed by atoms with Gasteiger partial charge in [-0.25, -0.2) is 4.39 Å². The Bertz CT molecular complexity index is 408. The lowest BCUT2D eigenvalue weighted by molar-refractivity contribution is 0.329. The van der Waals surface area contributed by atoms with Gasteiger partial charge in [0, 0.05) is 5.56 Å². The quantitative estimate of drug-likeness (QED) is 0.635. The molecule has 0 spiro atoms. The van der Waals surface area contributed by atoms with Crippen LogP contribution in [0.3, 0.4) is 0 Å². The summed E-state index contributed by atoms with van der Waals surface area (Å²) in [4.78, 5) is 0. The van der Waals surface area contributed by atoms with Crippen LogP contribution >= 0.6 is 0 Å². The van der Waals surface area contributed by atoms with Crippen molar-refractivity contribution in [2.75, 3.05) is 6.61 Å². The maximum atomic E-state index is 12.9. The third-order valence-corrected chi connectivity index (χ3v) is 2.42. The van der Waals surface area contributed by atoms with E-state index in [2.05, 4.69) is 0 Å². The smallest absolute Gasteiger partial charge is 0.138 e. The van der Waals surface area contributed by atoms with Crippen LogP contribution in [0.4, 0.5) is 4.39 Å². The molecule has 0 saturated carbocycles. The molecule has 0 N–H and O–H groups in total. The molecule has 2 nitrogen and oxygen atoms in total. The molecule has 1 aromatic rings. The molecule has 1 saturated heterocycles. The summed E-state index contributed by atoms with van der Waals surface area (Å²) in [7, 11) is 0. The number of ether oxygens (including phenoxy) is 2. The third kappa shape index (κ3) is 1.30. The van der Waals surface area contributed by atoms with Gasteiger partial charge in [-0.15, -0.1) is 0 Å². The van der Waals surface area contributed by atoms with Crippen LogP contribution in [0.5, 0.6) is 5.75 Å². The van der Waals surface area contributed by atoms with E-state index in [0.29, 0.717) is 0 Å². The molecule has 1 atom stereocenters. The number of epoxide rings is 1. The average Bonchev–Trinajstić information content (AvgIpc) is 3.00. The monoisotopic (exact) mass is 192 g/mol. The zero-order valence-electron chi connectivity index (χ0n) is 7.50. The van der Waals surface area contributed by atoms with Crippen molar-refractivity contribution in [3.8, 4) is 5.75 Å². The normalized spacial score (nSPS) is 23.5. The molecule has 3 heteroatoms. The molecule has 0 amide bonds. The number of fused-ring (bicyclic) bond motifs is 1. The van der Waals surface area contributed by atoms with Crippen molar-refractivity contribution in [2.45, 2.75) is 12.5 Å². The van der Waals surface area contributed by atoms with E-state index >= 15 is 0 Å². The number of halogens is 1. The molecule has 2 aliphatic heterocycles. The summed E-state index contributed by atoms with van der Waals surface area (Å²) in [6, 6.07) is 4.59. The Hall–Kier alpha value is -1.35. The van der Waals surface area contributed by atoms with Gasteiger partial charge in [0.2, 0.25) is 0 Å². The molecule has 3 rings (SSSR count). The molecule has 2 aliphatic rings. The summed E-state index contributed by atoms with van der Waals surface area (Å²) in [5, 5.41) is 0. The molecule has 1 fully saturated rings. The van der Waals surface area contributed by atoms with Crippen LogP contribution < -0.4 is 4.74 Å². The van der Waals surface area contributed by atoms with E-state index < -0.39 is 0 Å². The Morgan fingerprint density at radius 1 is 1.36 bits per heavy atom. The number of hydrogen-bond donors (Lipinski definition) is 0. The largest absolute Gasteiger partial charge is 0.459 e. The number of hydrogen-bond acceptors (Lipinski definition) is 2. The molecular formula is C11H9FO2. The minimum Gasteiger partial charge on any atom is -0.459 e. The number of allylic oxidation sites excluding steroid dienone is 1. The van der Waals surface area contributed by atoms with Crippen molar-refractivity contribution in [3.05, 3.63) is 41.4 Å². The van der Waals surface area contributed by atoms with Crippen molar-refractivity contribution in [1.82, 2.24) is 0 Å². The maximum absolute atomic E-state index is 12.9. The average molecular weight is 192 g/mol. The molecule has 72 valence electrons. The van der Waals surface area contributed by atoms with Gasteiger partial charge in [0.05, 0.1) is 6.61 Å². The van der Waals surface area contributed by atoms with E-state index in [1.54, 1.807) is 6.07 Å². The molecular weight excluding hydrogens is 183 g/mol. The zero-order chi connectivity index (χ0) is 9.54. The van der Waals surface area contributed by atoms with E-state index in [0.717, 1.165) is 30.1 Å². The topological polar surface area (TPSA) is 21.8 Å². The minimum atomic E-state index is -0.216. The van der Waals surface area contributed by atoms with E-state index in [1.165, 1.54) is 12.1 Å². The van der Waals surface area contributed by atoms with Crippen LogP contribution in [0.15, 0.2) is 30.0 Å². The second kappa shape index (κ2) is 2.82. The van der Waals surface area contributed by atoms with Crippen LogP contribution in [0.1, 0.15) is 5.56 Å². The highest BCUT2D eigenvalue weighted by atomic mass is 19.1. The lowest BCUT2D eigenvalue weighted by atomic mass is 10.1. The van der Waals surface area contributed by atoms with Crippen molar-refractivity contribution in [2.24, 2.45) is 0 Å². The molecule has 1 aromatic carbocycles. The molecule has 2 heterocycles. The second-order valence-electron chi connectivity index (χ2n) is 3.49. The van der Waals surface area contributed by atoms with Crippen molar-refractivity contribution < 1.29 is 13.9 Å².